The molecule has 0 heterocycles. The quantitative estimate of drug-likeness (QED) is 0.903. The zero-order chi connectivity index (χ0) is 11.3. The Balaban J connectivity index is 2.03. The second-order valence-corrected chi connectivity index (χ2v) is 5.90. The molecule has 2 bridgehead atoms. The van der Waals surface area contributed by atoms with Crippen molar-refractivity contribution in [1.82, 2.24) is 0 Å². The third-order valence-corrected chi connectivity index (χ3v) is 4.81. The molecule has 84 valence electrons. The first kappa shape index (κ1) is 10.3. The molecule has 4 rings (SSSR count). The van der Waals surface area contributed by atoms with E-state index in [9.17, 15) is 9.90 Å². The Morgan fingerprint density at radius 2 is 2.31 bits per heavy atom. The van der Waals surface area contributed by atoms with Gasteiger partial charge in [0.25, 0.3) is 0 Å². The summed E-state index contributed by atoms with van der Waals surface area (Å²) in [5, 5.41) is 9.30. The van der Waals surface area contributed by atoms with Crippen molar-refractivity contribution in [3.05, 3.63) is 34.3 Å². The first-order chi connectivity index (χ1) is 7.63. The van der Waals surface area contributed by atoms with Crippen LogP contribution in [0.25, 0.3) is 0 Å². The third-order valence-electron chi connectivity index (χ3n) is 4.32. The van der Waals surface area contributed by atoms with E-state index in [2.05, 4.69) is 28.1 Å². The number of benzene rings is 1. The maximum Gasteiger partial charge on any atom is 0.307 e. The third kappa shape index (κ3) is 1.21. The normalized spacial score (nSPS) is 35.8. The summed E-state index contributed by atoms with van der Waals surface area (Å²) in [6.07, 6.45) is 3.16. The van der Waals surface area contributed by atoms with E-state index in [1.54, 1.807) is 0 Å². The van der Waals surface area contributed by atoms with Crippen molar-refractivity contribution >= 4 is 21.9 Å². The van der Waals surface area contributed by atoms with Crippen LogP contribution in [0, 0.1) is 11.8 Å². The summed E-state index contributed by atoms with van der Waals surface area (Å²) in [4.78, 5) is 11.3. The van der Waals surface area contributed by atoms with Gasteiger partial charge in [0.1, 0.15) is 0 Å². The van der Waals surface area contributed by atoms with Gasteiger partial charge < -0.3 is 5.11 Å². The predicted molar refractivity (Wildman–Crippen MR) is 64.3 cm³/mol. The van der Waals surface area contributed by atoms with Crippen LogP contribution in [0.5, 0.6) is 0 Å². The lowest BCUT2D eigenvalue weighted by molar-refractivity contribution is -0.150. The molecule has 1 aromatic rings. The Morgan fingerprint density at radius 3 is 2.94 bits per heavy atom. The molecule has 16 heavy (non-hydrogen) atoms. The van der Waals surface area contributed by atoms with E-state index >= 15 is 0 Å². The standard InChI is InChI=1S/C13H13BrO2/c14-10-3-1-2-9(6-10)13-5-4-8(7-13)11(13)12(15)16/h1-3,6,8,11H,4-5,7H2,(H,15,16). The summed E-state index contributed by atoms with van der Waals surface area (Å²) >= 11 is 3.46. The highest BCUT2D eigenvalue weighted by Gasteiger charge is 2.62. The van der Waals surface area contributed by atoms with Crippen molar-refractivity contribution < 1.29 is 9.90 Å². The van der Waals surface area contributed by atoms with E-state index in [-0.39, 0.29) is 11.3 Å². The maximum atomic E-state index is 11.3. The minimum Gasteiger partial charge on any atom is -0.481 e. The molecule has 0 saturated heterocycles. The molecule has 0 spiro atoms. The van der Waals surface area contributed by atoms with Gasteiger partial charge in [-0.25, -0.2) is 0 Å². The summed E-state index contributed by atoms with van der Waals surface area (Å²) < 4.78 is 1.04. The Labute approximate surface area is 103 Å². The van der Waals surface area contributed by atoms with Crippen LogP contribution < -0.4 is 0 Å². The van der Waals surface area contributed by atoms with E-state index in [4.69, 9.17) is 0 Å². The molecule has 3 unspecified atom stereocenters. The first-order valence-corrected chi connectivity index (χ1v) is 6.42. The van der Waals surface area contributed by atoms with E-state index in [1.165, 1.54) is 5.56 Å². The fourth-order valence-electron chi connectivity index (χ4n) is 3.65. The molecule has 0 aliphatic heterocycles. The van der Waals surface area contributed by atoms with E-state index in [1.807, 2.05) is 12.1 Å². The average molecular weight is 281 g/mol. The van der Waals surface area contributed by atoms with Crippen molar-refractivity contribution in [3.63, 3.8) is 0 Å². The molecule has 1 aromatic carbocycles. The van der Waals surface area contributed by atoms with Crippen LogP contribution >= 0.6 is 15.9 Å². The highest BCUT2D eigenvalue weighted by atomic mass is 79.9. The van der Waals surface area contributed by atoms with Crippen LogP contribution in [0.2, 0.25) is 0 Å². The monoisotopic (exact) mass is 280 g/mol. The molecule has 3 saturated carbocycles. The van der Waals surface area contributed by atoms with Crippen LogP contribution in [-0.4, -0.2) is 11.1 Å². The number of hydrogen-bond donors (Lipinski definition) is 1. The molecular formula is C13H13BrO2. The van der Waals surface area contributed by atoms with Crippen LogP contribution in [-0.2, 0) is 10.2 Å². The number of carboxylic acids is 1. The van der Waals surface area contributed by atoms with Crippen LogP contribution in [0.1, 0.15) is 24.8 Å². The van der Waals surface area contributed by atoms with Gasteiger partial charge in [0.15, 0.2) is 0 Å². The summed E-state index contributed by atoms with van der Waals surface area (Å²) in [5.74, 6) is -0.355. The Hall–Kier alpha value is -0.830. The van der Waals surface area contributed by atoms with Gasteiger partial charge in [-0.2, -0.15) is 0 Å². The number of rotatable bonds is 2. The molecular weight excluding hydrogens is 268 g/mol. The molecule has 0 amide bonds. The van der Waals surface area contributed by atoms with Gasteiger partial charge in [-0.1, -0.05) is 28.1 Å². The highest BCUT2D eigenvalue weighted by molar-refractivity contribution is 9.10. The predicted octanol–water partition coefficient (Wildman–Crippen LogP) is 3.20. The summed E-state index contributed by atoms with van der Waals surface area (Å²) in [6.45, 7) is 0. The van der Waals surface area contributed by atoms with E-state index in [0.29, 0.717) is 5.92 Å². The second kappa shape index (κ2) is 3.33. The van der Waals surface area contributed by atoms with Gasteiger partial charge >= 0.3 is 5.97 Å². The molecule has 3 atom stereocenters. The largest absolute Gasteiger partial charge is 0.481 e. The number of hydrogen-bond acceptors (Lipinski definition) is 1. The minimum absolute atomic E-state index is 0.0692. The maximum absolute atomic E-state index is 11.3. The number of aliphatic carboxylic acids is 1. The van der Waals surface area contributed by atoms with E-state index in [0.717, 1.165) is 23.7 Å². The molecule has 1 N–H and O–H groups in total. The average Bonchev–Trinajstić information content (AvgIpc) is 2.74. The van der Waals surface area contributed by atoms with Gasteiger partial charge in [0.2, 0.25) is 0 Å². The summed E-state index contributed by atoms with van der Waals surface area (Å²) in [7, 11) is 0. The number of carbonyl (C=O) groups is 1. The SMILES string of the molecule is O=C(O)C1C2CCC1(c1cccc(Br)c1)C2. The molecule has 3 aliphatic rings. The molecule has 2 nitrogen and oxygen atoms in total. The Morgan fingerprint density at radius 1 is 1.50 bits per heavy atom. The smallest absolute Gasteiger partial charge is 0.307 e. The fraction of sp³-hybridized carbons (Fsp3) is 0.462. The lowest BCUT2D eigenvalue weighted by atomic mass is 9.57. The topological polar surface area (TPSA) is 37.3 Å². The lowest BCUT2D eigenvalue weighted by Gasteiger charge is -2.45. The fourth-order valence-corrected chi connectivity index (χ4v) is 4.05. The Kier molecular flexibility index (Phi) is 2.15. The van der Waals surface area contributed by atoms with Gasteiger partial charge in [-0.15, -0.1) is 0 Å². The molecule has 3 heteroatoms. The molecule has 3 aliphatic carbocycles. The second-order valence-electron chi connectivity index (χ2n) is 4.99. The van der Waals surface area contributed by atoms with E-state index < -0.39 is 5.97 Å². The van der Waals surface area contributed by atoms with Crippen molar-refractivity contribution in [2.24, 2.45) is 11.8 Å². The van der Waals surface area contributed by atoms with Crippen molar-refractivity contribution in [1.29, 1.82) is 0 Å². The number of halogens is 1. The van der Waals surface area contributed by atoms with Crippen molar-refractivity contribution in [2.45, 2.75) is 24.7 Å². The minimum atomic E-state index is -0.617. The molecule has 0 aromatic heterocycles. The van der Waals surface area contributed by atoms with Crippen molar-refractivity contribution in [2.75, 3.05) is 0 Å². The van der Waals surface area contributed by atoms with Gasteiger partial charge in [0.05, 0.1) is 5.92 Å². The van der Waals surface area contributed by atoms with Gasteiger partial charge in [-0.3, -0.25) is 4.79 Å². The number of carboxylic acid groups (broad SMARTS) is 1. The van der Waals surface area contributed by atoms with Gasteiger partial charge in [0, 0.05) is 9.89 Å². The zero-order valence-corrected chi connectivity index (χ0v) is 10.4. The first-order valence-electron chi connectivity index (χ1n) is 5.62. The Bertz CT molecular complexity index is 453. The summed E-state index contributed by atoms with van der Waals surface area (Å²) in [5.41, 5.74) is 1.13. The van der Waals surface area contributed by atoms with Crippen LogP contribution in [0.3, 0.4) is 0 Å². The van der Waals surface area contributed by atoms with Gasteiger partial charge in [-0.05, 0) is 42.9 Å². The summed E-state index contributed by atoms with van der Waals surface area (Å²) in [6, 6.07) is 8.14. The number of fused-ring (bicyclic) bond motifs is 1. The van der Waals surface area contributed by atoms with Crippen LogP contribution in [0.15, 0.2) is 28.7 Å². The zero-order valence-electron chi connectivity index (χ0n) is 8.82. The lowest BCUT2D eigenvalue weighted by Crippen LogP contribution is -2.48. The van der Waals surface area contributed by atoms with Crippen molar-refractivity contribution in [3.8, 4) is 0 Å². The molecule has 0 radical (unpaired) electrons. The molecule has 3 fully saturated rings. The highest BCUT2D eigenvalue weighted by Crippen LogP contribution is 2.64. The van der Waals surface area contributed by atoms with Crippen LogP contribution in [0.4, 0.5) is 0 Å².